The number of alkyl halides is 1. The summed E-state index contributed by atoms with van der Waals surface area (Å²) in [5.74, 6) is 0.149. The molecule has 0 aliphatic rings. The molecule has 1 aromatic rings. The lowest BCUT2D eigenvalue weighted by Gasteiger charge is -2.16. The molecule has 0 bridgehead atoms. The molecule has 0 nitrogen and oxygen atoms in total. The number of hydrogen-bond donors (Lipinski definition) is 0. The molecule has 0 aromatic heterocycles. The zero-order chi connectivity index (χ0) is 10.7. The van der Waals surface area contributed by atoms with Crippen LogP contribution < -0.4 is 0 Å². The fourth-order valence-electron chi connectivity index (χ4n) is 1.22. The van der Waals surface area contributed by atoms with E-state index in [0.29, 0.717) is 10.4 Å². The lowest BCUT2D eigenvalue weighted by atomic mass is 9.98. The van der Waals surface area contributed by atoms with Crippen molar-refractivity contribution in [2.24, 2.45) is 5.92 Å². The summed E-state index contributed by atoms with van der Waals surface area (Å²) in [4.78, 5) is 0. The molecule has 0 saturated carbocycles. The van der Waals surface area contributed by atoms with Crippen molar-refractivity contribution in [2.75, 3.05) is 0 Å². The summed E-state index contributed by atoms with van der Waals surface area (Å²) in [7, 11) is 0. The highest BCUT2D eigenvalue weighted by atomic mass is 79.9. The number of rotatable bonds is 3. The van der Waals surface area contributed by atoms with Gasteiger partial charge in [0.25, 0.3) is 0 Å². The van der Waals surface area contributed by atoms with Crippen molar-refractivity contribution in [3.8, 4) is 0 Å². The Morgan fingerprint density at radius 2 is 2.14 bits per heavy atom. The highest BCUT2D eigenvalue weighted by molar-refractivity contribution is 9.10. The minimum absolute atomic E-state index is 0.0445. The van der Waals surface area contributed by atoms with Gasteiger partial charge in [-0.2, -0.15) is 0 Å². The van der Waals surface area contributed by atoms with Gasteiger partial charge >= 0.3 is 0 Å². The van der Waals surface area contributed by atoms with Crippen LogP contribution in [-0.2, 0) is 0 Å². The van der Waals surface area contributed by atoms with E-state index in [2.05, 4.69) is 29.8 Å². The first kappa shape index (κ1) is 12.0. The van der Waals surface area contributed by atoms with E-state index in [1.165, 1.54) is 6.07 Å². The molecule has 0 radical (unpaired) electrons. The van der Waals surface area contributed by atoms with E-state index in [1.54, 1.807) is 12.1 Å². The van der Waals surface area contributed by atoms with Crippen molar-refractivity contribution in [1.82, 2.24) is 0 Å². The van der Waals surface area contributed by atoms with Crippen LogP contribution in [0, 0.1) is 11.7 Å². The summed E-state index contributed by atoms with van der Waals surface area (Å²) >= 11 is 9.39. The standard InChI is InChI=1S/C11H13BrClF/c1-3-7(2)11(13)8-4-5-10(14)9(12)6-8/h4-7,11H,3H2,1-2H3. The van der Waals surface area contributed by atoms with Crippen LogP contribution in [0.25, 0.3) is 0 Å². The monoisotopic (exact) mass is 278 g/mol. The molecule has 0 aliphatic heterocycles. The van der Waals surface area contributed by atoms with E-state index in [-0.39, 0.29) is 11.2 Å². The zero-order valence-corrected chi connectivity index (χ0v) is 10.6. The Morgan fingerprint density at radius 1 is 1.50 bits per heavy atom. The van der Waals surface area contributed by atoms with Gasteiger partial charge in [-0.3, -0.25) is 0 Å². The molecule has 2 atom stereocenters. The fourth-order valence-corrected chi connectivity index (χ4v) is 1.93. The Labute approximate surface area is 97.6 Å². The van der Waals surface area contributed by atoms with Gasteiger partial charge in [0, 0.05) is 0 Å². The van der Waals surface area contributed by atoms with Crippen LogP contribution in [0.2, 0.25) is 0 Å². The van der Waals surface area contributed by atoms with Crippen LogP contribution >= 0.6 is 27.5 Å². The second-order valence-corrected chi connectivity index (χ2v) is 4.79. The maximum absolute atomic E-state index is 13.0. The van der Waals surface area contributed by atoms with Crippen molar-refractivity contribution >= 4 is 27.5 Å². The second kappa shape index (κ2) is 5.13. The summed E-state index contributed by atoms with van der Waals surface area (Å²) in [6.45, 7) is 4.19. The molecule has 78 valence electrons. The van der Waals surface area contributed by atoms with Crippen LogP contribution in [0.15, 0.2) is 22.7 Å². The summed E-state index contributed by atoms with van der Waals surface area (Å²) in [6, 6.07) is 4.93. The molecular weight excluding hydrogens is 266 g/mol. The van der Waals surface area contributed by atoms with Gasteiger partial charge in [-0.05, 0) is 39.5 Å². The average Bonchev–Trinajstić information content (AvgIpc) is 2.20. The zero-order valence-electron chi connectivity index (χ0n) is 8.23. The third-order valence-corrected chi connectivity index (χ3v) is 3.70. The van der Waals surface area contributed by atoms with Crippen molar-refractivity contribution in [2.45, 2.75) is 25.6 Å². The largest absolute Gasteiger partial charge is 0.206 e. The third kappa shape index (κ3) is 2.71. The van der Waals surface area contributed by atoms with E-state index in [1.807, 2.05) is 0 Å². The molecule has 0 N–H and O–H groups in total. The molecule has 0 fully saturated rings. The molecule has 0 saturated heterocycles. The molecular formula is C11H13BrClF. The van der Waals surface area contributed by atoms with Crippen LogP contribution in [0.3, 0.4) is 0 Å². The Bertz CT molecular complexity index is 314. The Balaban J connectivity index is 2.91. The van der Waals surface area contributed by atoms with E-state index in [9.17, 15) is 4.39 Å². The molecule has 0 aliphatic carbocycles. The van der Waals surface area contributed by atoms with Gasteiger partial charge < -0.3 is 0 Å². The third-order valence-electron chi connectivity index (χ3n) is 2.41. The molecule has 0 spiro atoms. The van der Waals surface area contributed by atoms with Crippen molar-refractivity contribution in [3.63, 3.8) is 0 Å². The minimum Gasteiger partial charge on any atom is -0.206 e. The molecule has 3 heteroatoms. The molecule has 0 amide bonds. The number of benzene rings is 1. The lowest BCUT2D eigenvalue weighted by Crippen LogP contribution is -2.02. The Hall–Kier alpha value is -0.0800. The summed E-state index contributed by atoms with van der Waals surface area (Å²) < 4.78 is 13.4. The van der Waals surface area contributed by atoms with Crippen LogP contribution in [0.5, 0.6) is 0 Å². The average molecular weight is 280 g/mol. The highest BCUT2D eigenvalue weighted by Gasteiger charge is 2.15. The molecule has 2 unspecified atom stereocenters. The van der Waals surface area contributed by atoms with Crippen LogP contribution in [0.1, 0.15) is 31.2 Å². The first-order chi connectivity index (χ1) is 6.56. The maximum atomic E-state index is 13.0. The predicted octanol–water partition coefficient (Wildman–Crippen LogP) is 4.91. The quantitative estimate of drug-likeness (QED) is 0.689. The summed E-state index contributed by atoms with van der Waals surface area (Å²) in [6.07, 6.45) is 1.02. The second-order valence-electron chi connectivity index (χ2n) is 3.46. The van der Waals surface area contributed by atoms with Crippen LogP contribution in [-0.4, -0.2) is 0 Å². The van der Waals surface area contributed by atoms with E-state index >= 15 is 0 Å². The van der Waals surface area contributed by atoms with E-state index in [4.69, 9.17) is 11.6 Å². The van der Waals surface area contributed by atoms with Gasteiger partial charge in [-0.1, -0.05) is 26.3 Å². The smallest absolute Gasteiger partial charge is 0.137 e. The summed E-state index contributed by atoms with van der Waals surface area (Å²) in [5.41, 5.74) is 0.967. The fraction of sp³-hybridized carbons (Fsp3) is 0.455. The first-order valence-corrected chi connectivity index (χ1v) is 5.88. The topological polar surface area (TPSA) is 0 Å². The van der Waals surface area contributed by atoms with Gasteiger partial charge in [0.05, 0.1) is 9.85 Å². The van der Waals surface area contributed by atoms with Crippen LogP contribution in [0.4, 0.5) is 4.39 Å². The molecule has 1 rings (SSSR count). The number of hydrogen-bond acceptors (Lipinski definition) is 0. The first-order valence-electron chi connectivity index (χ1n) is 4.65. The van der Waals surface area contributed by atoms with Crippen molar-refractivity contribution in [1.29, 1.82) is 0 Å². The Morgan fingerprint density at radius 3 is 2.64 bits per heavy atom. The highest BCUT2D eigenvalue weighted by Crippen LogP contribution is 2.32. The lowest BCUT2D eigenvalue weighted by molar-refractivity contribution is 0.540. The van der Waals surface area contributed by atoms with Gasteiger partial charge in [-0.25, -0.2) is 4.39 Å². The van der Waals surface area contributed by atoms with E-state index in [0.717, 1.165) is 12.0 Å². The van der Waals surface area contributed by atoms with Gasteiger partial charge in [0.1, 0.15) is 5.82 Å². The SMILES string of the molecule is CCC(C)C(Cl)c1ccc(F)c(Br)c1. The number of halogens is 3. The van der Waals surface area contributed by atoms with E-state index < -0.39 is 0 Å². The summed E-state index contributed by atoms with van der Waals surface area (Å²) in [5, 5.41) is -0.0445. The van der Waals surface area contributed by atoms with Gasteiger partial charge in [0.2, 0.25) is 0 Å². The minimum atomic E-state index is -0.248. The Kier molecular flexibility index (Phi) is 4.39. The van der Waals surface area contributed by atoms with Crippen molar-refractivity contribution < 1.29 is 4.39 Å². The molecule has 1 aromatic carbocycles. The van der Waals surface area contributed by atoms with Gasteiger partial charge in [0.15, 0.2) is 0 Å². The van der Waals surface area contributed by atoms with Crippen molar-refractivity contribution in [3.05, 3.63) is 34.1 Å². The normalized spacial score (nSPS) is 15.2. The molecule has 0 heterocycles. The predicted molar refractivity (Wildman–Crippen MR) is 62.1 cm³/mol. The van der Waals surface area contributed by atoms with Gasteiger partial charge in [-0.15, -0.1) is 11.6 Å². The maximum Gasteiger partial charge on any atom is 0.137 e. The molecule has 14 heavy (non-hydrogen) atoms.